The first-order valence-electron chi connectivity index (χ1n) is 10.8. The van der Waals surface area contributed by atoms with Gasteiger partial charge in [-0.2, -0.15) is 0 Å². The summed E-state index contributed by atoms with van der Waals surface area (Å²) in [6, 6.07) is 15.5. The molecule has 4 rings (SSSR count). The van der Waals surface area contributed by atoms with E-state index in [2.05, 4.69) is 5.32 Å². The number of carbonyl (C=O) groups excluding carboxylic acids is 3. The van der Waals surface area contributed by atoms with Gasteiger partial charge in [0.2, 0.25) is 0 Å². The SMILES string of the molecule is Cc1cccc(COc2c(Cl)cc(/C=C3\C(=O)NC(=O)N(c4cc(C)cc(C)c4)C3=O)cc2Cl)c1. The van der Waals surface area contributed by atoms with E-state index in [1.807, 2.05) is 51.1 Å². The maximum absolute atomic E-state index is 13.2. The highest BCUT2D eigenvalue weighted by Crippen LogP contribution is 2.36. The molecule has 0 aromatic heterocycles. The van der Waals surface area contributed by atoms with Crippen LogP contribution in [0.2, 0.25) is 10.0 Å². The third kappa shape index (κ3) is 5.39. The van der Waals surface area contributed by atoms with Crippen molar-refractivity contribution in [2.75, 3.05) is 4.90 Å². The molecule has 1 aliphatic heterocycles. The minimum Gasteiger partial charge on any atom is -0.486 e. The number of barbiturate groups is 1. The standard InChI is InChI=1S/C27H22Cl2N2O4/c1-15-5-4-6-18(8-15)14-35-24-22(28)12-19(13-23(24)29)11-21-25(32)30-27(34)31(26(21)33)20-9-16(2)7-17(3)10-20/h4-13H,14H2,1-3H3,(H,30,32,34)/b21-11+. The minimum atomic E-state index is -0.807. The lowest BCUT2D eigenvalue weighted by molar-refractivity contribution is -0.122. The third-order valence-electron chi connectivity index (χ3n) is 5.36. The number of nitrogens with zero attached hydrogens (tertiary/aromatic N) is 1. The van der Waals surface area contributed by atoms with E-state index in [-0.39, 0.29) is 22.2 Å². The molecule has 1 aliphatic rings. The Kier molecular flexibility index (Phi) is 6.96. The second-order valence-corrected chi connectivity index (χ2v) is 9.21. The quantitative estimate of drug-likeness (QED) is 0.330. The van der Waals surface area contributed by atoms with Gasteiger partial charge in [-0.05, 0) is 73.4 Å². The number of imide groups is 2. The van der Waals surface area contributed by atoms with Crippen LogP contribution in [0, 0.1) is 20.8 Å². The average molecular weight is 509 g/mol. The van der Waals surface area contributed by atoms with E-state index in [0.29, 0.717) is 17.0 Å². The fraction of sp³-hybridized carbons (Fsp3) is 0.148. The van der Waals surface area contributed by atoms with E-state index in [0.717, 1.165) is 27.2 Å². The first kappa shape index (κ1) is 24.5. The summed E-state index contributed by atoms with van der Waals surface area (Å²) in [5, 5.41) is 2.67. The Labute approximate surface area is 213 Å². The molecule has 3 aromatic carbocycles. The molecule has 0 saturated carbocycles. The number of carbonyl (C=O) groups is 3. The van der Waals surface area contributed by atoms with Crippen molar-refractivity contribution in [2.24, 2.45) is 0 Å². The first-order valence-corrected chi connectivity index (χ1v) is 11.5. The second kappa shape index (κ2) is 9.94. The molecule has 0 bridgehead atoms. The number of benzene rings is 3. The van der Waals surface area contributed by atoms with Gasteiger partial charge in [-0.15, -0.1) is 0 Å². The number of halogens is 2. The highest BCUT2D eigenvalue weighted by atomic mass is 35.5. The van der Waals surface area contributed by atoms with Crippen LogP contribution in [-0.4, -0.2) is 17.8 Å². The van der Waals surface area contributed by atoms with Crippen molar-refractivity contribution in [3.8, 4) is 5.75 Å². The normalized spacial score (nSPS) is 14.9. The summed E-state index contributed by atoms with van der Waals surface area (Å²) < 4.78 is 5.82. The van der Waals surface area contributed by atoms with Crippen LogP contribution in [0.4, 0.5) is 10.5 Å². The number of ether oxygens (including phenoxy) is 1. The number of urea groups is 1. The van der Waals surface area contributed by atoms with E-state index in [4.69, 9.17) is 27.9 Å². The molecule has 1 fully saturated rings. The van der Waals surface area contributed by atoms with Crippen LogP contribution >= 0.6 is 23.2 Å². The van der Waals surface area contributed by atoms with Crippen LogP contribution in [0.25, 0.3) is 6.08 Å². The molecular weight excluding hydrogens is 487 g/mol. The topological polar surface area (TPSA) is 75.7 Å². The Bertz CT molecular complexity index is 1350. The first-order chi connectivity index (χ1) is 16.6. The molecule has 178 valence electrons. The van der Waals surface area contributed by atoms with E-state index in [1.165, 1.54) is 6.08 Å². The van der Waals surface area contributed by atoms with Gasteiger partial charge in [0.15, 0.2) is 5.75 Å². The lowest BCUT2D eigenvalue weighted by atomic mass is 10.1. The molecule has 0 radical (unpaired) electrons. The van der Waals surface area contributed by atoms with Gasteiger partial charge in [-0.25, -0.2) is 9.69 Å². The van der Waals surface area contributed by atoms with Gasteiger partial charge in [-0.1, -0.05) is 59.1 Å². The molecule has 0 aliphatic carbocycles. The average Bonchev–Trinajstić information content (AvgIpc) is 2.75. The zero-order valence-electron chi connectivity index (χ0n) is 19.3. The summed E-state index contributed by atoms with van der Waals surface area (Å²) in [7, 11) is 0. The summed E-state index contributed by atoms with van der Waals surface area (Å²) >= 11 is 12.8. The predicted octanol–water partition coefficient (Wildman–Crippen LogP) is 6.16. The smallest absolute Gasteiger partial charge is 0.335 e. The van der Waals surface area contributed by atoms with Gasteiger partial charge in [0.25, 0.3) is 11.8 Å². The number of anilines is 1. The van der Waals surface area contributed by atoms with Crippen LogP contribution in [-0.2, 0) is 16.2 Å². The molecule has 1 N–H and O–H groups in total. The van der Waals surface area contributed by atoms with Crippen molar-refractivity contribution in [1.29, 1.82) is 0 Å². The maximum atomic E-state index is 13.2. The molecule has 0 spiro atoms. The van der Waals surface area contributed by atoms with Crippen LogP contribution in [0.3, 0.4) is 0 Å². The van der Waals surface area contributed by atoms with E-state index in [1.54, 1.807) is 24.3 Å². The Morgan fingerprint density at radius 2 is 1.54 bits per heavy atom. The van der Waals surface area contributed by atoms with Gasteiger partial charge in [0, 0.05) is 0 Å². The van der Waals surface area contributed by atoms with Crippen LogP contribution in [0.1, 0.15) is 27.8 Å². The Morgan fingerprint density at radius 3 is 2.17 bits per heavy atom. The van der Waals surface area contributed by atoms with Gasteiger partial charge in [0.05, 0.1) is 15.7 Å². The minimum absolute atomic E-state index is 0.218. The van der Waals surface area contributed by atoms with Gasteiger partial charge >= 0.3 is 6.03 Å². The number of hydrogen-bond acceptors (Lipinski definition) is 4. The Morgan fingerprint density at radius 1 is 0.886 bits per heavy atom. The summed E-state index contributed by atoms with van der Waals surface area (Å²) in [6.45, 7) is 5.98. The van der Waals surface area contributed by atoms with Crippen molar-refractivity contribution < 1.29 is 19.1 Å². The van der Waals surface area contributed by atoms with Crippen molar-refractivity contribution in [1.82, 2.24) is 5.32 Å². The van der Waals surface area contributed by atoms with Gasteiger partial charge in [0.1, 0.15) is 12.2 Å². The monoisotopic (exact) mass is 508 g/mol. The lowest BCUT2D eigenvalue weighted by Crippen LogP contribution is -2.54. The zero-order valence-corrected chi connectivity index (χ0v) is 20.8. The Hall–Kier alpha value is -3.61. The number of hydrogen-bond donors (Lipinski definition) is 1. The maximum Gasteiger partial charge on any atom is 0.335 e. The van der Waals surface area contributed by atoms with E-state index < -0.39 is 17.8 Å². The third-order valence-corrected chi connectivity index (χ3v) is 5.93. The molecule has 0 unspecified atom stereocenters. The molecule has 1 saturated heterocycles. The highest BCUT2D eigenvalue weighted by Gasteiger charge is 2.37. The Balaban J connectivity index is 1.62. The van der Waals surface area contributed by atoms with Crippen molar-refractivity contribution in [3.05, 3.63) is 98.0 Å². The van der Waals surface area contributed by atoms with Crippen molar-refractivity contribution in [2.45, 2.75) is 27.4 Å². The lowest BCUT2D eigenvalue weighted by Gasteiger charge is -2.27. The van der Waals surface area contributed by atoms with Crippen molar-refractivity contribution in [3.63, 3.8) is 0 Å². The fourth-order valence-corrected chi connectivity index (χ4v) is 4.51. The summed E-state index contributed by atoms with van der Waals surface area (Å²) in [5.41, 5.74) is 4.39. The van der Waals surface area contributed by atoms with Gasteiger partial charge < -0.3 is 4.74 Å². The van der Waals surface area contributed by atoms with Crippen LogP contribution in [0.15, 0.2) is 60.2 Å². The summed E-state index contributed by atoms with van der Waals surface area (Å²) in [5.74, 6) is -1.24. The summed E-state index contributed by atoms with van der Waals surface area (Å²) in [4.78, 5) is 39.1. The molecular formula is C27H22Cl2N2O4. The largest absolute Gasteiger partial charge is 0.486 e. The van der Waals surface area contributed by atoms with Crippen LogP contribution < -0.4 is 15.0 Å². The number of rotatable bonds is 5. The molecule has 1 heterocycles. The molecule has 35 heavy (non-hydrogen) atoms. The highest BCUT2D eigenvalue weighted by molar-refractivity contribution is 6.40. The molecule has 6 nitrogen and oxygen atoms in total. The van der Waals surface area contributed by atoms with Crippen molar-refractivity contribution >= 4 is 52.8 Å². The number of aryl methyl sites for hydroxylation is 3. The van der Waals surface area contributed by atoms with E-state index >= 15 is 0 Å². The molecule has 0 atom stereocenters. The fourth-order valence-electron chi connectivity index (χ4n) is 3.90. The molecule has 8 heteroatoms. The summed E-state index contributed by atoms with van der Waals surface area (Å²) in [6.07, 6.45) is 1.35. The van der Waals surface area contributed by atoms with Crippen LogP contribution in [0.5, 0.6) is 5.75 Å². The number of nitrogens with one attached hydrogen (secondary N) is 1. The molecule has 3 aromatic rings. The second-order valence-electron chi connectivity index (χ2n) is 8.40. The zero-order chi connectivity index (χ0) is 25.3. The van der Waals surface area contributed by atoms with Gasteiger partial charge in [-0.3, -0.25) is 14.9 Å². The predicted molar refractivity (Wildman–Crippen MR) is 137 cm³/mol. The van der Waals surface area contributed by atoms with E-state index in [9.17, 15) is 14.4 Å². The molecule has 4 amide bonds. The number of amides is 4.